The van der Waals surface area contributed by atoms with Gasteiger partial charge in [-0.25, -0.2) is 0 Å². The molecule has 29 heavy (non-hydrogen) atoms. The average molecular weight is 403 g/mol. The van der Waals surface area contributed by atoms with Gasteiger partial charge in [0.25, 0.3) is 5.89 Å². The van der Waals surface area contributed by atoms with Crippen LogP contribution in [0.25, 0.3) is 34.0 Å². The van der Waals surface area contributed by atoms with Gasteiger partial charge < -0.3 is 9.84 Å². The Kier molecular flexibility index (Phi) is 5.88. The summed E-state index contributed by atoms with van der Waals surface area (Å²) in [6, 6.07) is 14.5. The van der Waals surface area contributed by atoms with Crippen molar-refractivity contribution in [1.29, 1.82) is 0 Å². The Morgan fingerprint density at radius 1 is 0.966 bits per heavy atom. The van der Waals surface area contributed by atoms with E-state index in [1.807, 2.05) is 18.2 Å². The van der Waals surface area contributed by atoms with Crippen LogP contribution in [-0.2, 0) is 6.54 Å². The zero-order valence-electron chi connectivity index (χ0n) is 16.7. The third kappa shape index (κ3) is 4.31. The lowest BCUT2D eigenvalue weighted by Gasteiger charge is -2.06. The summed E-state index contributed by atoms with van der Waals surface area (Å²) in [5, 5.41) is 11.9. The van der Waals surface area contributed by atoms with Crippen LogP contribution >= 0.6 is 11.3 Å². The molecule has 1 N–H and O–H groups in total. The Labute approximate surface area is 175 Å². The summed E-state index contributed by atoms with van der Waals surface area (Å²) in [4.78, 5) is 4.61. The minimum absolute atomic E-state index is 0.540. The van der Waals surface area contributed by atoms with Gasteiger partial charge in [0.1, 0.15) is 0 Å². The lowest BCUT2D eigenvalue weighted by Crippen LogP contribution is -2.13. The third-order valence-electron chi connectivity index (χ3n) is 4.94. The van der Waals surface area contributed by atoms with Gasteiger partial charge in [0.2, 0.25) is 5.82 Å². The van der Waals surface area contributed by atoms with E-state index in [1.54, 1.807) is 11.3 Å². The number of hydrogen-bond acceptors (Lipinski definition) is 5. The molecular weight excluding hydrogens is 378 g/mol. The predicted octanol–water partition coefficient (Wildman–Crippen LogP) is 6.06. The third-order valence-corrected chi connectivity index (χ3v) is 5.80. The van der Waals surface area contributed by atoms with E-state index < -0.39 is 0 Å². The molecule has 0 spiro atoms. The second kappa shape index (κ2) is 8.72. The number of thiophene rings is 1. The molecule has 2 aromatic heterocycles. The first-order chi connectivity index (χ1) is 14.2. The van der Waals surface area contributed by atoms with Gasteiger partial charge in [-0.05, 0) is 77.5 Å². The zero-order valence-corrected chi connectivity index (χ0v) is 17.6. The van der Waals surface area contributed by atoms with Crippen molar-refractivity contribution in [1.82, 2.24) is 15.5 Å². The van der Waals surface area contributed by atoms with Crippen LogP contribution in [0.2, 0.25) is 0 Å². The highest BCUT2D eigenvalue weighted by Gasteiger charge is 2.13. The Morgan fingerprint density at radius 2 is 1.76 bits per heavy atom. The summed E-state index contributed by atoms with van der Waals surface area (Å²) >= 11 is 1.73. The number of nitrogens with one attached hydrogen (secondary N) is 1. The summed E-state index contributed by atoms with van der Waals surface area (Å²) in [6.45, 7) is 9.85. The van der Waals surface area contributed by atoms with Gasteiger partial charge >= 0.3 is 0 Å². The highest BCUT2D eigenvalue weighted by atomic mass is 32.1. The maximum atomic E-state index is 5.55. The molecule has 0 aliphatic rings. The van der Waals surface area contributed by atoms with Crippen LogP contribution in [0.3, 0.4) is 0 Å². The number of aromatic nitrogens is 2. The van der Waals surface area contributed by atoms with Gasteiger partial charge in [-0.15, -0.1) is 0 Å². The molecule has 0 unspecified atom stereocenters. The fraction of sp³-hybridized carbons (Fsp3) is 0.208. The standard InChI is InChI=1S/C24H24N3OS/c1-4-11-25-13-18-5-7-19(8-6-18)23-26-24(28-27-23)20-9-10-21(16(2)12-20)22-15-29-14-17(22)3/h5-10,12,14-15,25H,1,4,11,13H2,2-3H3. The van der Waals surface area contributed by atoms with E-state index >= 15 is 0 Å². The first-order valence-corrected chi connectivity index (χ1v) is 10.7. The molecule has 1 radical (unpaired) electrons. The van der Waals surface area contributed by atoms with Crippen LogP contribution in [0, 0.1) is 20.8 Å². The van der Waals surface area contributed by atoms with Crippen molar-refractivity contribution in [2.45, 2.75) is 26.8 Å². The van der Waals surface area contributed by atoms with E-state index in [4.69, 9.17) is 4.52 Å². The van der Waals surface area contributed by atoms with Crippen LogP contribution in [0.15, 0.2) is 57.7 Å². The molecule has 2 heterocycles. The number of nitrogens with zero attached hydrogens (tertiary/aromatic N) is 2. The molecule has 0 atom stereocenters. The van der Waals surface area contributed by atoms with Crippen molar-refractivity contribution in [3.8, 4) is 34.0 Å². The van der Waals surface area contributed by atoms with Crippen LogP contribution < -0.4 is 5.32 Å². The maximum absolute atomic E-state index is 5.55. The molecule has 2 aromatic carbocycles. The summed E-state index contributed by atoms with van der Waals surface area (Å²) in [7, 11) is 0. The first kappa shape index (κ1) is 19.6. The van der Waals surface area contributed by atoms with Gasteiger partial charge in [0.15, 0.2) is 0 Å². The average Bonchev–Trinajstić information content (AvgIpc) is 3.38. The monoisotopic (exact) mass is 402 g/mol. The Bertz CT molecular complexity index is 1100. The van der Waals surface area contributed by atoms with Crippen molar-refractivity contribution in [3.05, 3.63) is 76.8 Å². The summed E-state index contributed by atoms with van der Waals surface area (Å²) in [5.41, 5.74) is 8.14. The van der Waals surface area contributed by atoms with Gasteiger partial charge in [0.05, 0.1) is 0 Å². The summed E-state index contributed by atoms with van der Waals surface area (Å²) in [6.07, 6.45) is 0.886. The largest absolute Gasteiger partial charge is 0.334 e. The Balaban J connectivity index is 1.53. The van der Waals surface area contributed by atoms with Crippen LogP contribution in [0.5, 0.6) is 0 Å². The topological polar surface area (TPSA) is 51.0 Å². The molecule has 147 valence electrons. The molecule has 5 heteroatoms. The molecular formula is C24H24N3OS. The SMILES string of the molecule is [CH2]CCNCc1ccc(-c2noc(-c3ccc(-c4cscc4C)c(C)c3)n2)cc1. The predicted molar refractivity (Wildman–Crippen MR) is 120 cm³/mol. The molecule has 4 aromatic rings. The van der Waals surface area contributed by atoms with Crippen molar-refractivity contribution in [2.24, 2.45) is 0 Å². The van der Waals surface area contributed by atoms with Crippen molar-refractivity contribution in [3.63, 3.8) is 0 Å². The number of hydrogen-bond donors (Lipinski definition) is 1. The van der Waals surface area contributed by atoms with Crippen LogP contribution in [0.1, 0.15) is 23.1 Å². The normalized spacial score (nSPS) is 11.1. The van der Waals surface area contributed by atoms with Crippen molar-refractivity contribution < 1.29 is 4.52 Å². The number of rotatable bonds is 7. The number of aryl methyl sites for hydroxylation is 2. The van der Waals surface area contributed by atoms with Crippen molar-refractivity contribution >= 4 is 11.3 Å². The van der Waals surface area contributed by atoms with E-state index in [0.717, 1.165) is 30.6 Å². The molecule has 0 amide bonds. The second-order valence-corrected chi connectivity index (χ2v) is 7.89. The Hall–Kier alpha value is -2.76. The summed E-state index contributed by atoms with van der Waals surface area (Å²) in [5.74, 6) is 1.14. The lowest BCUT2D eigenvalue weighted by molar-refractivity contribution is 0.432. The summed E-state index contributed by atoms with van der Waals surface area (Å²) < 4.78 is 5.55. The van der Waals surface area contributed by atoms with E-state index in [0.29, 0.717) is 11.7 Å². The molecule has 0 saturated carbocycles. The van der Waals surface area contributed by atoms with E-state index in [1.165, 1.54) is 27.8 Å². The smallest absolute Gasteiger partial charge is 0.258 e. The van der Waals surface area contributed by atoms with Crippen LogP contribution in [-0.4, -0.2) is 16.7 Å². The Morgan fingerprint density at radius 3 is 2.45 bits per heavy atom. The lowest BCUT2D eigenvalue weighted by atomic mass is 9.98. The highest BCUT2D eigenvalue weighted by molar-refractivity contribution is 7.08. The molecule has 4 rings (SSSR count). The molecule has 0 fully saturated rings. The van der Waals surface area contributed by atoms with Crippen molar-refractivity contribution in [2.75, 3.05) is 6.54 Å². The molecule has 0 saturated heterocycles. The van der Waals surface area contributed by atoms with Gasteiger partial charge in [0, 0.05) is 17.7 Å². The first-order valence-electron chi connectivity index (χ1n) is 9.73. The quantitative estimate of drug-likeness (QED) is 0.382. The molecule has 4 nitrogen and oxygen atoms in total. The van der Waals surface area contributed by atoms with E-state index in [2.05, 4.69) is 71.3 Å². The fourth-order valence-electron chi connectivity index (χ4n) is 3.32. The van der Waals surface area contributed by atoms with Gasteiger partial charge in [-0.3, -0.25) is 0 Å². The van der Waals surface area contributed by atoms with Crippen LogP contribution in [0.4, 0.5) is 0 Å². The fourth-order valence-corrected chi connectivity index (χ4v) is 4.17. The van der Waals surface area contributed by atoms with Gasteiger partial charge in [-0.1, -0.05) is 42.4 Å². The highest BCUT2D eigenvalue weighted by Crippen LogP contribution is 2.32. The maximum Gasteiger partial charge on any atom is 0.258 e. The van der Waals surface area contributed by atoms with E-state index in [9.17, 15) is 0 Å². The molecule has 0 aliphatic heterocycles. The second-order valence-electron chi connectivity index (χ2n) is 7.15. The molecule has 0 aliphatic carbocycles. The minimum atomic E-state index is 0.540. The number of benzene rings is 2. The van der Waals surface area contributed by atoms with E-state index in [-0.39, 0.29) is 0 Å². The zero-order chi connectivity index (χ0) is 20.2. The molecule has 0 bridgehead atoms. The van der Waals surface area contributed by atoms with Gasteiger partial charge in [-0.2, -0.15) is 16.3 Å². The minimum Gasteiger partial charge on any atom is -0.334 e.